The SMILES string of the molecule is Cn1c(=O)cnc2ccc(-c3cccnc3-c3ccc(F)c(Cl)c3)cc21. The molecule has 4 rings (SSSR count). The van der Waals surface area contributed by atoms with Gasteiger partial charge in [-0.15, -0.1) is 0 Å². The highest BCUT2D eigenvalue weighted by atomic mass is 35.5. The van der Waals surface area contributed by atoms with Crippen LogP contribution in [0, 0.1) is 5.82 Å². The maximum atomic E-state index is 13.5. The Bertz CT molecular complexity index is 1200. The maximum absolute atomic E-state index is 13.5. The van der Waals surface area contributed by atoms with Crippen LogP contribution in [0.5, 0.6) is 0 Å². The van der Waals surface area contributed by atoms with Gasteiger partial charge >= 0.3 is 0 Å². The zero-order valence-electron chi connectivity index (χ0n) is 13.8. The van der Waals surface area contributed by atoms with E-state index in [1.165, 1.54) is 12.3 Å². The van der Waals surface area contributed by atoms with Crippen molar-refractivity contribution in [2.24, 2.45) is 7.05 Å². The maximum Gasteiger partial charge on any atom is 0.269 e. The molecule has 128 valence electrons. The number of fused-ring (bicyclic) bond motifs is 1. The van der Waals surface area contributed by atoms with E-state index in [9.17, 15) is 9.18 Å². The van der Waals surface area contributed by atoms with Crippen LogP contribution in [0.2, 0.25) is 5.02 Å². The summed E-state index contributed by atoms with van der Waals surface area (Å²) in [6, 6.07) is 14.0. The third-order valence-electron chi connectivity index (χ3n) is 4.29. The van der Waals surface area contributed by atoms with Gasteiger partial charge in [0, 0.05) is 24.4 Å². The molecular formula is C20H13ClFN3O. The van der Waals surface area contributed by atoms with Crippen molar-refractivity contribution < 1.29 is 4.39 Å². The minimum atomic E-state index is -0.473. The molecule has 0 saturated heterocycles. The fraction of sp³-hybridized carbons (Fsp3) is 0.0500. The van der Waals surface area contributed by atoms with Crippen LogP contribution in [0.25, 0.3) is 33.4 Å². The van der Waals surface area contributed by atoms with Crippen molar-refractivity contribution in [3.8, 4) is 22.4 Å². The second-order valence-electron chi connectivity index (χ2n) is 5.89. The largest absolute Gasteiger partial charge is 0.309 e. The molecule has 4 aromatic rings. The monoisotopic (exact) mass is 365 g/mol. The van der Waals surface area contributed by atoms with Crippen LogP contribution in [0.1, 0.15) is 0 Å². The summed E-state index contributed by atoms with van der Waals surface area (Å²) in [5.41, 5.74) is 4.41. The summed E-state index contributed by atoms with van der Waals surface area (Å²) in [6.07, 6.45) is 2.98. The van der Waals surface area contributed by atoms with Crippen LogP contribution < -0.4 is 5.56 Å². The van der Waals surface area contributed by atoms with Gasteiger partial charge in [-0.2, -0.15) is 0 Å². The number of halogens is 2. The van der Waals surface area contributed by atoms with Gasteiger partial charge in [0.2, 0.25) is 0 Å². The van der Waals surface area contributed by atoms with Gasteiger partial charge in [-0.1, -0.05) is 23.7 Å². The van der Waals surface area contributed by atoms with Crippen LogP contribution in [0.3, 0.4) is 0 Å². The lowest BCUT2D eigenvalue weighted by Crippen LogP contribution is -2.16. The second-order valence-corrected chi connectivity index (χ2v) is 6.29. The quantitative estimate of drug-likeness (QED) is 0.527. The van der Waals surface area contributed by atoms with E-state index in [1.54, 1.807) is 29.9 Å². The molecule has 0 atom stereocenters. The molecule has 0 N–H and O–H groups in total. The number of aromatic nitrogens is 3. The molecular weight excluding hydrogens is 353 g/mol. The molecule has 0 amide bonds. The van der Waals surface area contributed by atoms with Crippen molar-refractivity contribution in [3.63, 3.8) is 0 Å². The molecule has 26 heavy (non-hydrogen) atoms. The molecule has 0 saturated carbocycles. The van der Waals surface area contributed by atoms with Gasteiger partial charge in [0.05, 0.1) is 27.9 Å². The summed E-state index contributed by atoms with van der Waals surface area (Å²) in [5.74, 6) is -0.473. The van der Waals surface area contributed by atoms with Gasteiger partial charge in [0.15, 0.2) is 0 Å². The third kappa shape index (κ3) is 2.76. The third-order valence-corrected chi connectivity index (χ3v) is 4.58. The Hall–Kier alpha value is -3.05. The predicted octanol–water partition coefficient (Wildman–Crippen LogP) is 4.46. The predicted molar refractivity (Wildman–Crippen MR) is 101 cm³/mol. The highest BCUT2D eigenvalue weighted by molar-refractivity contribution is 6.31. The summed E-state index contributed by atoms with van der Waals surface area (Å²) >= 11 is 5.93. The number of benzene rings is 2. The molecule has 2 aromatic heterocycles. The van der Waals surface area contributed by atoms with Crippen LogP contribution >= 0.6 is 11.6 Å². The highest BCUT2D eigenvalue weighted by Crippen LogP contribution is 2.33. The molecule has 0 aliphatic rings. The first-order valence-electron chi connectivity index (χ1n) is 7.91. The lowest BCUT2D eigenvalue weighted by molar-refractivity contribution is 0.628. The van der Waals surface area contributed by atoms with Crippen molar-refractivity contribution in [3.05, 3.63) is 82.1 Å². The Labute approximate surface area is 153 Å². The van der Waals surface area contributed by atoms with Crippen LogP contribution in [-0.2, 0) is 7.05 Å². The Morgan fingerprint density at radius 2 is 1.85 bits per heavy atom. The molecule has 0 unspecified atom stereocenters. The van der Waals surface area contributed by atoms with E-state index in [0.717, 1.165) is 22.2 Å². The first kappa shape index (κ1) is 16.4. The smallest absolute Gasteiger partial charge is 0.269 e. The van der Waals surface area contributed by atoms with Crippen molar-refractivity contribution in [2.45, 2.75) is 0 Å². The average Bonchev–Trinajstić information content (AvgIpc) is 2.67. The summed E-state index contributed by atoms with van der Waals surface area (Å²) in [7, 11) is 1.71. The Morgan fingerprint density at radius 3 is 2.65 bits per heavy atom. The molecule has 0 radical (unpaired) electrons. The molecule has 2 heterocycles. The molecule has 0 aliphatic heterocycles. The van der Waals surface area contributed by atoms with Gasteiger partial charge in [0.25, 0.3) is 5.56 Å². The molecule has 6 heteroatoms. The zero-order chi connectivity index (χ0) is 18.3. The number of aryl methyl sites for hydroxylation is 1. The van der Waals surface area contributed by atoms with Crippen molar-refractivity contribution >= 4 is 22.6 Å². The fourth-order valence-corrected chi connectivity index (χ4v) is 3.09. The zero-order valence-corrected chi connectivity index (χ0v) is 14.5. The molecule has 2 aromatic carbocycles. The topological polar surface area (TPSA) is 47.8 Å². The van der Waals surface area contributed by atoms with E-state index >= 15 is 0 Å². The Kier molecular flexibility index (Phi) is 4.01. The van der Waals surface area contributed by atoms with Crippen molar-refractivity contribution in [1.82, 2.24) is 14.5 Å². The van der Waals surface area contributed by atoms with Gasteiger partial charge < -0.3 is 4.57 Å². The van der Waals surface area contributed by atoms with E-state index in [2.05, 4.69) is 9.97 Å². The fourth-order valence-electron chi connectivity index (χ4n) is 2.91. The standard InChI is InChI=1S/C20H13ClFN3O/c1-25-18-10-12(5-7-17(18)24-11-19(25)26)14-3-2-8-23-20(14)13-4-6-16(22)15(21)9-13/h2-11H,1H3. The Morgan fingerprint density at radius 1 is 1.04 bits per heavy atom. The second kappa shape index (κ2) is 6.35. The summed E-state index contributed by atoms with van der Waals surface area (Å²) in [6.45, 7) is 0. The highest BCUT2D eigenvalue weighted by Gasteiger charge is 2.12. The van der Waals surface area contributed by atoms with E-state index < -0.39 is 5.82 Å². The number of hydrogen-bond donors (Lipinski definition) is 0. The van der Waals surface area contributed by atoms with Gasteiger partial charge in [-0.05, 0) is 42.0 Å². The van der Waals surface area contributed by atoms with Gasteiger partial charge in [-0.25, -0.2) is 9.37 Å². The normalized spacial score (nSPS) is 11.0. The minimum Gasteiger partial charge on any atom is -0.309 e. The number of rotatable bonds is 2. The van der Waals surface area contributed by atoms with Crippen molar-refractivity contribution in [2.75, 3.05) is 0 Å². The Balaban J connectivity index is 1.94. The molecule has 0 bridgehead atoms. The molecule has 0 aliphatic carbocycles. The first-order valence-corrected chi connectivity index (χ1v) is 8.29. The molecule has 4 nitrogen and oxygen atoms in total. The van der Waals surface area contributed by atoms with E-state index in [1.807, 2.05) is 30.3 Å². The van der Waals surface area contributed by atoms with Crippen LogP contribution in [0.4, 0.5) is 4.39 Å². The van der Waals surface area contributed by atoms with E-state index in [0.29, 0.717) is 11.3 Å². The number of pyridine rings is 1. The van der Waals surface area contributed by atoms with Crippen LogP contribution in [-0.4, -0.2) is 14.5 Å². The lowest BCUT2D eigenvalue weighted by Gasteiger charge is -2.11. The lowest BCUT2D eigenvalue weighted by atomic mass is 9.99. The van der Waals surface area contributed by atoms with Gasteiger partial charge in [-0.3, -0.25) is 9.78 Å². The van der Waals surface area contributed by atoms with Crippen molar-refractivity contribution in [1.29, 1.82) is 0 Å². The summed E-state index contributed by atoms with van der Waals surface area (Å²) < 4.78 is 15.1. The minimum absolute atomic E-state index is 0.0456. The van der Waals surface area contributed by atoms with Gasteiger partial charge in [0.1, 0.15) is 5.82 Å². The number of hydrogen-bond acceptors (Lipinski definition) is 3. The first-order chi connectivity index (χ1) is 12.5. The number of nitrogens with zero attached hydrogens (tertiary/aromatic N) is 3. The average molecular weight is 366 g/mol. The summed E-state index contributed by atoms with van der Waals surface area (Å²) in [4.78, 5) is 20.5. The summed E-state index contributed by atoms with van der Waals surface area (Å²) in [5, 5.41) is 0.0456. The molecule has 0 spiro atoms. The van der Waals surface area contributed by atoms with E-state index in [-0.39, 0.29) is 10.6 Å². The van der Waals surface area contributed by atoms with Crippen LogP contribution in [0.15, 0.2) is 65.7 Å². The van der Waals surface area contributed by atoms with E-state index in [4.69, 9.17) is 11.6 Å². The molecule has 0 fully saturated rings.